The highest BCUT2D eigenvalue weighted by molar-refractivity contribution is 5.96. The topological polar surface area (TPSA) is 71.7 Å². The van der Waals surface area contributed by atoms with Crippen molar-refractivity contribution in [2.24, 2.45) is 0 Å². The molecule has 1 heterocycles. The van der Waals surface area contributed by atoms with E-state index in [1.807, 2.05) is 0 Å². The molecule has 0 radical (unpaired) electrons. The lowest BCUT2D eigenvalue weighted by Crippen LogP contribution is -2.29. The Balaban J connectivity index is 2.03. The van der Waals surface area contributed by atoms with E-state index in [1.54, 1.807) is 6.07 Å². The van der Waals surface area contributed by atoms with Crippen LogP contribution in [0, 0.1) is 0 Å². The van der Waals surface area contributed by atoms with Gasteiger partial charge in [-0.25, -0.2) is 0 Å². The van der Waals surface area contributed by atoms with Crippen LogP contribution >= 0.6 is 0 Å². The van der Waals surface area contributed by atoms with Crippen molar-refractivity contribution in [3.05, 3.63) is 54.0 Å². The van der Waals surface area contributed by atoms with Crippen LogP contribution in [0.3, 0.4) is 0 Å². The molecule has 1 aromatic heterocycles. The van der Waals surface area contributed by atoms with Gasteiger partial charge in [0.25, 0.3) is 5.91 Å². The molecule has 2 aromatic rings. The SMILES string of the molecule is O=C(NCC(O)c1ccco1)c1ccccc1OC(F)(F)F. The van der Waals surface area contributed by atoms with E-state index in [9.17, 15) is 23.1 Å². The number of ether oxygens (including phenoxy) is 1. The number of halogens is 3. The molecule has 8 heteroatoms. The fourth-order valence-corrected chi connectivity index (χ4v) is 1.73. The average Bonchev–Trinajstić information content (AvgIpc) is 2.97. The van der Waals surface area contributed by atoms with Gasteiger partial charge in [0.1, 0.15) is 17.6 Å². The smallest absolute Gasteiger partial charge is 0.467 e. The molecule has 1 aromatic carbocycles. The maximum atomic E-state index is 12.3. The van der Waals surface area contributed by atoms with Crippen LogP contribution in [0.25, 0.3) is 0 Å². The lowest BCUT2D eigenvalue weighted by Gasteiger charge is -2.14. The van der Waals surface area contributed by atoms with Gasteiger partial charge in [0.2, 0.25) is 0 Å². The second kappa shape index (κ2) is 6.52. The van der Waals surface area contributed by atoms with Crippen LogP contribution in [0.15, 0.2) is 47.1 Å². The van der Waals surface area contributed by atoms with E-state index in [0.717, 1.165) is 6.07 Å². The summed E-state index contributed by atoms with van der Waals surface area (Å²) in [6.07, 6.45) is -4.65. The largest absolute Gasteiger partial charge is 0.573 e. The molecule has 2 rings (SSSR count). The Bertz CT molecular complexity index is 625. The van der Waals surface area contributed by atoms with Gasteiger partial charge in [0.15, 0.2) is 0 Å². The summed E-state index contributed by atoms with van der Waals surface area (Å²) >= 11 is 0. The van der Waals surface area contributed by atoms with Gasteiger partial charge >= 0.3 is 6.36 Å². The third-order valence-electron chi connectivity index (χ3n) is 2.68. The Hall–Kier alpha value is -2.48. The zero-order valence-corrected chi connectivity index (χ0v) is 11.1. The summed E-state index contributed by atoms with van der Waals surface area (Å²) < 4.78 is 45.6. The second-order valence-corrected chi connectivity index (χ2v) is 4.29. The van der Waals surface area contributed by atoms with Gasteiger partial charge in [-0.15, -0.1) is 13.2 Å². The summed E-state index contributed by atoms with van der Waals surface area (Å²) in [5.41, 5.74) is -0.286. The average molecular weight is 315 g/mol. The first kappa shape index (κ1) is 15.9. The number of rotatable bonds is 5. The standard InChI is InChI=1S/C14H12F3NO4/c15-14(16,17)22-11-5-2-1-4-9(11)13(20)18-8-10(19)12-6-3-7-21-12/h1-7,10,19H,8H2,(H,18,20). The van der Waals surface area contributed by atoms with Gasteiger partial charge in [-0.1, -0.05) is 12.1 Å². The maximum absolute atomic E-state index is 12.3. The monoisotopic (exact) mass is 315 g/mol. The van der Waals surface area contributed by atoms with Crippen molar-refractivity contribution in [2.75, 3.05) is 6.54 Å². The van der Waals surface area contributed by atoms with Crippen molar-refractivity contribution in [3.63, 3.8) is 0 Å². The molecule has 0 fully saturated rings. The van der Waals surface area contributed by atoms with Crippen LogP contribution in [-0.2, 0) is 0 Å². The number of alkyl halides is 3. The van der Waals surface area contributed by atoms with Gasteiger partial charge in [-0.3, -0.25) is 4.79 Å². The molecule has 0 aliphatic heterocycles. The molecule has 0 saturated heterocycles. The highest BCUT2D eigenvalue weighted by atomic mass is 19.4. The minimum atomic E-state index is -4.90. The fraction of sp³-hybridized carbons (Fsp3) is 0.214. The molecule has 22 heavy (non-hydrogen) atoms. The first-order chi connectivity index (χ1) is 10.4. The summed E-state index contributed by atoms with van der Waals surface area (Å²) in [5, 5.41) is 12.1. The van der Waals surface area contributed by atoms with Crippen LogP contribution in [-0.4, -0.2) is 23.9 Å². The number of aliphatic hydroxyl groups excluding tert-OH is 1. The predicted molar refractivity (Wildman–Crippen MR) is 69.1 cm³/mol. The molecular weight excluding hydrogens is 303 g/mol. The summed E-state index contributed by atoms with van der Waals surface area (Å²) in [4.78, 5) is 11.9. The van der Waals surface area contributed by atoms with E-state index in [0.29, 0.717) is 0 Å². The highest BCUT2D eigenvalue weighted by Gasteiger charge is 2.32. The van der Waals surface area contributed by atoms with Crippen molar-refractivity contribution >= 4 is 5.91 Å². The van der Waals surface area contributed by atoms with Crippen LogP contribution in [0.4, 0.5) is 13.2 Å². The second-order valence-electron chi connectivity index (χ2n) is 4.29. The highest BCUT2D eigenvalue weighted by Crippen LogP contribution is 2.26. The number of para-hydroxylation sites is 1. The van der Waals surface area contributed by atoms with Crippen LogP contribution < -0.4 is 10.1 Å². The zero-order chi connectivity index (χ0) is 16.2. The van der Waals surface area contributed by atoms with Crippen LogP contribution in [0.2, 0.25) is 0 Å². The van der Waals surface area contributed by atoms with E-state index < -0.39 is 24.1 Å². The number of carbonyl (C=O) groups is 1. The molecule has 0 bridgehead atoms. The molecule has 0 aliphatic rings. The summed E-state index contributed by atoms with van der Waals surface area (Å²) in [5.74, 6) is -1.18. The third-order valence-corrected chi connectivity index (χ3v) is 2.68. The minimum absolute atomic E-state index is 0.216. The molecular formula is C14H12F3NO4. The van der Waals surface area contributed by atoms with Gasteiger partial charge in [0, 0.05) is 0 Å². The van der Waals surface area contributed by atoms with E-state index in [4.69, 9.17) is 4.42 Å². The molecule has 1 amide bonds. The molecule has 0 aliphatic carbocycles. The summed E-state index contributed by atoms with van der Waals surface area (Å²) in [7, 11) is 0. The van der Waals surface area contributed by atoms with E-state index in [-0.39, 0.29) is 17.9 Å². The number of hydrogen-bond acceptors (Lipinski definition) is 4. The Morgan fingerprint density at radius 1 is 1.27 bits per heavy atom. The maximum Gasteiger partial charge on any atom is 0.573 e. The van der Waals surface area contributed by atoms with Gasteiger partial charge in [-0.2, -0.15) is 0 Å². The Kier molecular flexibility index (Phi) is 4.71. The lowest BCUT2D eigenvalue weighted by molar-refractivity contribution is -0.274. The molecule has 2 N–H and O–H groups in total. The Morgan fingerprint density at radius 2 is 2.00 bits per heavy atom. The van der Waals surface area contributed by atoms with Crippen molar-refractivity contribution in [1.82, 2.24) is 5.32 Å². The molecule has 5 nitrogen and oxygen atoms in total. The number of aliphatic hydroxyl groups is 1. The summed E-state index contributed by atoms with van der Waals surface area (Å²) in [6, 6.07) is 8.02. The quantitative estimate of drug-likeness (QED) is 0.890. The van der Waals surface area contributed by atoms with Crippen LogP contribution in [0.5, 0.6) is 5.75 Å². The number of nitrogens with one attached hydrogen (secondary N) is 1. The van der Waals surface area contributed by atoms with Crippen molar-refractivity contribution < 1.29 is 32.2 Å². The van der Waals surface area contributed by atoms with E-state index >= 15 is 0 Å². The minimum Gasteiger partial charge on any atom is -0.467 e. The Morgan fingerprint density at radius 3 is 2.64 bits per heavy atom. The van der Waals surface area contributed by atoms with Gasteiger partial charge in [-0.05, 0) is 24.3 Å². The molecule has 118 valence electrons. The third kappa shape index (κ3) is 4.26. The molecule has 1 atom stereocenters. The van der Waals surface area contributed by atoms with Gasteiger partial charge in [0.05, 0.1) is 18.4 Å². The normalized spacial score (nSPS) is 12.7. The number of amides is 1. The number of benzene rings is 1. The number of carbonyl (C=O) groups excluding carboxylic acids is 1. The van der Waals surface area contributed by atoms with Crippen molar-refractivity contribution in [2.45, 2.75) is 12.5 Å². The molecule has 0 saturated carbocycles. The fourth-order valence-electron chi connectivity index (χ4n) is 1.73. The Labute approximate surface area is 123 Å². The molecule has 0 spiro atoms. The first-order valence-corrected chi connectivity index (χ1v) is 6.21. The van der Waals surface area contributed by atoms with Crippen molar-refractivity contribution in [1.29, 1.82) is 0 Å². The number of hydrogen-bond donors (Lipinski definition) is 2. The summed E-state index contributed by atoms with van der Waals surface area (Å²) in [6.45, 7) is -0.216. The van der Waals surface area contributed by atoms with E-state index in [1.165, 1.54) is 30.5 Å². The van der Waals surface area contributed by atoms with Crippen LogP contribution in [0.1, 0.15) is 22.2 Å². The zero-order valence-electron chi connectivity index (χ0n) is 11.1. The molecule has 1 unspecified atom stereocenters. The van der Waals surface area contributed by atoms with Gasteiger partial charge < -0.3 is 19.6 Å². The predicted octanol–water partition coefficient (Wildman–Crippen LogP) is 2.64. The number of furan rings is 1. The van der Waals surface area contributed by atoms with Crippen molar-refractivity contribution in [3.8, 4) is 5.75 Å². The van der Waals surface area contributed by atoms with E-state index in [2.05, 4.69) is 10.1 Å². The lowest BCUT2D eigenvalue weighted by atomic mass is 10.2. The first-order valence-electron chi connectivity index (χ1n) is 6.21.